The van der Waals surface area contributed by atoms with Crippen LogP contribution in [0, 0.1) is 0 Å². The second-order valence-corrected chi connectivity index (χ2v) is 6.22. The predicted octanol–water partition coefficient (Wildman–Crippen LogP) is 3.95. The summed E-state index contributed by atoms with van der Waals surface area (Å²) >= 11 is 8.02. The van der Waals surface area contributed by atoms with E-state index in [1.54, 1.807) is 0 Å². The summed E-state index contributed by atoms with van der Waals surface area (Å²) in [6.07, 6.45) is 6.27. The monoisotopic (exact) mass is 257 g/mol. The van der Waals surface area contributed by atoms with Gasteiger partial charge in [0.1, 0.15) is 0 Å². The van der Waals surface area contributed by atoms with Crippen molar-refractivity contribution in [3.8, 4) is 0 Å². The second-order valence-electron chi connectivity index (χ2n) is 4.70. The summed E-state index contributed by atoms with van der Waals surface area (Å²) in [5.41, 5.74) is 0.220. The maximum atomic E-state index is 6.10. The van der Waals surface area contributed by atoms with Crippen LogP contribution in [-0.2, 0) is 13.0 Å². The molecule has 90 valence electrons. The van der Waals surface area contributed by atoms with E-state index in [4.69, 9.17) is 11.6 Å². The van der Waals surface area contributed by atoms with Crippen molar-refractivity contribution in [2.45, 2.75) is 51.1 Å². The smallest absolute Gasteiger partial charge is 0.0406 e. The van der Waals surface area contributed by atoms with E-state index in [9.17, 15) is 0 Å². The van der Waals surface area contributed by atoms with Crippen LogP contribution in [0.25, 0.3) is 0 Å². The van der Waals surface area contributed by atoms with Crippen LogP contribution in [0.1, 0.15) is 42.4 Å². The fourth-order valence-electron chi connectivity index (χ4n) is 2.39. The molecule has 1 aliphatic carbocycles. The number of aryl methyl sites for hydroxylation is 1. The maximum Gasteiger partial charge on any atom is 0.0406 e. The van der Waals surface area contributed by atoms with Gasteiger partial charge in [0.05, 0.1) is 0 Å². The number of halogens is 1. The molecule has 0 aliphatic heterocycles. The fraction of sp³-hybridized carbons (Fsp3) is 0.692. The van der Waals surface area contributed by atoms with Crippen molar-refractivity contribution in [3.63, 3.8) is 0 Å². The van der Waals surface area contributed by atoms with Gasteiger partial charge in [-0.2, -0.15) is 0 Å². The van der Waals surface area contributed by atoms with Gasteiger partial charge in [0, 0.05) is 27.7 Å². The summed E-state index contributed by atoms with van der Waals surface area (Å²) in [4.78, 5) is 2.91. The Bertz CT molecular complexity index is 328. The van der Waals surface area contributed by atoms with Crippen LogP contribution < -0.4 is 5.32 Å². The molecule has 16 heavy (non-hydrogen) atoms. The Kier molecular flexibility index (Phi) is 4.28. The van der Waals surface area contributed by atoms with Crippen molar-refractivity contribution in [1.29, 1.82) is 0 Å². The zero-order chi connectivity index (χ0) is 11.4. The Hall–Kier alpha value is -0.0500. The summed E-state index contributed by atoms with van der Waals surface area (Å²) in [7, 11) is 0. The molecule has 1 N–H and O–H groups in total. The summed E-state index contributed by atoms with van der Waals surface area (Å²) in [6, 6.07) is 4.48. The number of alkyl halides is 1. The lowest BCUT2D eigenvalue weighted by Crippen LogP contribution is -2.43. The third-order valence-electron chi connectivity index (χ3n) is 3.52. The molecule has 1 aromatic rings. The normalized spacial score (nSPS) is 19.1. The van der Waals surface area contributed by atoms with E-state index in [1.807, 2.05) is 11.3 Å². The lowest BCUT2D eigenvalue weighted by atomic mass is 10.0. The van der Waals surface area contributed by atoms with Gasteiger partial charge >= 0.3 is 0 Å². The van der Waals surface area contributed by atoms with Crippen LogP contribution in [0.3, 0.4) is 0 Å². The van der Waals surface area contributed by atoms with Gasteiger partial charge in [0.2, 0.25) is 0 Å². The SMILES string of the molecule is CCc1ccc(CNC2(CCl)CCCC2)s1. The number of hydrogen-bond donors (Lipinski definition) is 1. The third kappa shape index (κ3) is 2.79. The highest BCUT2D eigenvalue weighted by Crippen LogP contribution is 2.31. The van der Waals surface area contributed by atoms with Crippen LogP contribution in [0.4, 0.5) is 0 Å². The molecule has 1 aliphatic rings. The van der Waals surface area contributed by atoms with Crippen molar-refractivity contribution in [3.05, 3.63) is 21.9 Å². The summed E-state index contributed by atoms with van der Waals surface area (Å²) in [5.74, 6) is 0.749. The van der Waals surface area contributed by atoms with Gasteiger partial charge in [-0.1, -0.05) is 19.8 Å². The minimum atomic E-state index is 0.220. The van der Waals surface area contributed by atoms with E-state index in [-0.39, 0.29) is 5.54 Å². The van der Waals surface area contributed by atoms with Crippen molar-refractivity contribution in [1.82, 2.24) is 5.32 Å². The number of rotatable bonds is 5. The molecule has 3 heteroatoms. The summed E-state index contributed by atoms with van der Waals surface area (Å²) in [6.45, 7) is 3.19. The van der Waals surface area contributed by atoms with Crippen molar-refractivity contribution in [2.75, 3.05) is 5.88 Å². The average Bonchev–Trinajstić information content (AvgIpc) is 2.96. The van der Waals surface area contributed by atoms with Gasteiger partial charge in [-0.25, -0.2) is 0 Å². The van der Waals surface area contributed by atoms with E-state index < -0.39 is 0 Å². The second kappa shape index (κ2) is 5.52. The Morgan fingerprint density at radius 3 is 2.56 bits per heavy atom. The van der Waals surface area contributed by atoms with E-state index >= 15 is 0 Å². The zero-order valence-corrected chi connectivity index (χ0v) is 11.5. The lowest BCUT2D eigenvalue weighted by molar-refractivity contribution is 0.369. The van der Waals surface area contributed by atoms with E-state index in [1.165, 1.54) is 35.4 Å². The van der Waals surface area contributed by atoms with Gasteiger partial charge in [-0.15, -0.1) is 22.9 Å². The molecular weight excluding hydrogens is 238 g/mol. The molecule has 0 atom stereocenters. The van der Waals surface area contributed by atoms with Crippen LogP contribution >= 0.6 is 22.9 Å². The standard InChI is InChI=1S/C13H20ClNS/c1-2-11-5-6-12(16-11)9-15-13(10-14)7-3-4-8-13/h5-6,15H,2-4,7-10H2,1H3. The average molecular weight is 258 g/mol. The molecule has 2 rings (SSSR count). The van der Waals surface area contributed by atoms with Gasteiger partial charge in [0.25, 0.3) is 0 Å². The maximum absolute atomic E-state index is 6.10. The summed E-state index contributed by atoms with van der Waals surface area (Å²) in [5, 5.41) is 3.68. The quantitative estimate of drug-likeness (QED) is 0.788. The third-order valence-corrected chi connectivity index (χ3v) is 5.26. The van der Waals surface area contributed by atoms with Crippen molar-refractivity contribution >= 4 is 22.9 Å². The Balaban J connectivity index is 1.90. The van der Waals surface area contributed by atoms with E-state index in [0.717, 1.165) is 18.8 Å². The molecule has 1 heterocycles. The predicted molar refractivity (Wildman–Crippen MR) is 72.5 cm³/mol. The fourth-order valence-corrected chi connectivity index (χ4v) is 3.65. The van der Waals surface area contributed by atoms with Crippen molar-refractivity contribution < 1.29 is 0 Å². The largest absolute Gasteiger partial charge is 0.305 e. The molecule has 0 aromatic carbocycles. The van der Waals surface area contributed by atoms with Gasteiger partial charge in [-0.05, 0) is 31.4 Å². The van der Waals surface area contributed by atoms with Gasteiger partial charge in [0.15, 0.2) is 0 Å². The first kappa shape index (κ1) is 12.4. The Morgan fingerprint density at radius 1 is 1.31 bits per heavy atom. The molecule has 0 radical (unpaired) electrons. The van der Waals surface area contributed by atoms with Crippen LogP contribution in [0.2, 0.25) is 0 Å². The van der Waals surface area contributed by atoms with E-state index in [2.05, 4.69) is 24.4 Å². The first-order chi connectivity index (χ1) is 7.78. The van der Waals surface area contributed by atoms with Gasteiger partial charge < -0.3 is 5.32 Å². The molecule has 0 saturated heterocycles. The Morgan fingerprint density at radius 2 is 2.00 bits per heavy atom. The van der Waals surface area contributed by atoms with Crippen LogP contribution in [0.15, 0.2) is 12.1 Å². The van der Waals surface area contributed by atoms with Crippen LogP contribution in [0.5, 0.6) is 0 Å². The Labute approximate surface area is 107 Å². The molecule has 0 bridgehead atoms. The lowest BCUT2D eigenvalue weighted by Gasteiger charge is -2.27. The topological polar surface area (TPSA) is 12.0 Å². The number of hydrogen-bond acceptors (Lipinski definition) is 2. The zero-order valence-electron chi connectivity index (χ0n) is 9.89. The van der Waals surface area contributed by atoms with Gasteiger partial charge in [-0.3, -0.25) is 0 Å². The first-order valence-corrected chi connectivity index (χ1v) is 7.52. The highest BCUT2D eigenvalue weighted by molar-refractivity contribution is 7.11. The molecule has 1 saturated carbocycles. The number of thiophene rings is 1. The van der Waals surface area contributed by atoms with E-state index in [0.29, 0.717) is 0 Å². The van der Waals surface area contributed by atoms with Crippen molar-refractivity contribution in [2.24, 2.45) is 0 Å². The molecule has 1 aromatic heterocycles. The highest BCUT2D eigenvalue weighted by Gasteiger charge is 2.32. The molecule has 0 unspecified atom stereocenters. The molecule has 1 nitrogen and oxygen atoms in total. The highest BCUT2D eigenvalue weighted by atomic mass is 35.5. The number of nitrogens with one attached hydrogen (secondary N) is 1. The molecule has 1 fully saturated rings. The first-order valence-electron chi connectivity index (χ1n) is 6.16. The molecular formula is C13H20ClNS. The minimum absolute atomic E-state index is 0.220. The molecule has 0 spiro atoms. The summed E-state index contributed by atoms with van der Waals surface area (Å²) < 4.78 is 0. The minimum Gasteiger partial charge on any atom is -0.305 e. The van der Waals surface area contributed by atoms with Crippen LogP contribution in [-0.4, -0.2) is 11.4 Å². The molecule has 0 amide bonds.